The second-order valence-corrected chi connectivity index (χ2v) is 9.29. The summed E-state index contributed by atoms with van der Waals surface area (Å²) in [4.78, 5) is 13.3. The van der Waals surface area contributed by atoms with Crippen LogP contribution in [0.5, 0.6) is 0 Å². The highest BCUT2D eigenvalue weighted by molar-refractivity contribution is 9.10. The molecule has 4 nitrogen and oxygen atoms in total. The van der Waals surface area contributed by atoms with Crippen molar-refractivity contribution in [1.29, 1.82) is 0 Å². The summed E-state index contributed by atoms with van der Waals surface area (Å²) in [5.41, 5.74) is 6.49. The molecule has 1 aliphatic rings. The highest BCUT2D eigenvalue weighted by Crippen LogP contribution is 2.33. The number of halogens is 1. The van der Waals surface area contributed by atoms with Crippen LogP contribution in [0.4, 0.5) is 5.69 Å². The summed E-state index contributed by atoms with van der Waals surface area (Å²) >= 11 is 5.16. The van der Waals surface area contributed by atoms with Gasteiger partial charge in [-0.15, -0.1) is 0 Å². The lowest BCUT2D eigenvalue weighted by Crippen LogP contribution is -2.30. The molecular formula is C24H24BrN3OS. The van der Waals surface area contributed by atoms with E-state index in [2.05, 4.69) is 88.3 Å². The van der Waals surface area contributed by atoms with Crippen LogP contribution in [0.2, 0.25) is 0 Å². The molecule has 1 aliphatic heterocycles. The summed E-state index contributed by atoms with van der Waals surface area (Å²) in [6, 6.07) is 18.6. The smallest absolute Gasteiger partial charge is 0.260 e. The fourth-order valence-electron chi connectivity index (χ4n) is 3.63. The zero-order valence-electron chi connectivity index (χ0n) is 17.2. The molecule has 1 aromatic heterocycles. The topological polar surface area (TPSA) is 46.1 Å². The molecule has 1 fully saturated rings. The zero-order chi connectivity index (χ0) is 21.3. The number of thioether (sulfide) groups is 1. The van der Waals surface area contributed by atoms with Crippen molar-refractivity contribution < 1.29 is 4.79 Å². The van der Waals surface area contributed by atoms with Gasteiger partial charge in [-0.2, -0.15) is 0 Å². The Hall–Kier alpha value is -2.44. The van der Waals surface area contributed by atoms with Gasteiger partial charge in [-0.25, -0.2) is 0 Å². The van der Waals surface area contributed by atoms with Crippen LogP contribution >= 0.6 is 27.7 Å². The maximum atomic E-state index is 12.6. The standard InChI is InChI=1S/C24H24BrN3OS/c1-4-17-9-11-19(12-10-17)26-24-27-23(29)22(30-24)14-18-13-15(2)28(16(18)3)21-8-6-5-7-20(21)25/h5-14,24,26H,4H2,1-3H3,(H,27,29)/b22-14-/t24-/m0/s1. The molecule has 0 aliphatic carbocycles. The van der Waals surface area contributed by atoms with E-state index in [-0.39, 0.29) is 11.4 Å². The third kappa shape index (κ3) is 4.20. The van der Waals surface area contributed by atoms with Crippen LogP contribution in [0.15, 0.2) is 64.0 Å². The summed E-state index contributed by atoms with van der Waals surface area (Å²) in [6.45, 7) is 6.31. The van der Waals surface area contributed by atoms with Crippen molar-refractivity contribution in [3.8, 4) is 5.69 Å². The number of carbonyl (C=O) groups is 1. The molecule has 4 rings (SSSR count). The van der Waals surface area contributed by atoms with Crippen molar-refractivity contribution >= 4 is 45.4 Å². The predicted octanol–water partition coefficient (Wildman–Crippen LogP) is 6.02. The van der Waals surface area contributed by atoms with Gasteiger partial charge in [-0.05, 0) is 83.7 Å². The molecule has 2 aromatic carbocycles. The van der Waals surface area contributed by atoms with E-state index in [0.29, 0.717) is 4.91 Å². The molecule has 1 saturated heterocycles. The minimum Gasteiger partial charge on any atom is -0.357 e. The third-order valence-corrected chi connectivity index (χ3v) is 6.94. The number of rotatable bonds is 5. The van der Waals surface area contributed by atoms with Crippen molar-refractivity contribution in [1.82, 2.24) is 9.88 Å². The first-order valence-electron chi connectivity index (χ1n) is 9.95. The minimum absolute atomic E-state index is 0.0478. The number of nitrogens with one attached hydrogen (secondary N) is 2. The fourth-order valence-corrected chi connectivity index (χ4v) is 5.07. The number of para-hydroxylation sites is 1. The van der Waals surface area contributed by atoms with E-state index in [1.807, 2.05) is 24.3 Å². The van der Waals surface area contributed by atoms with E-state index in [1.54, 1.807) is 0 Å². The SMILES string of the molecule is CCc1ccc(N[C@H]2NC(=O)/C(=C/c3cc(C)n(-c4ccccc4Br)c3C)S2)cc1. The van der Waals surface area contributed by atoms with Gasteiger partial charge in [0.15, 0.2) is 5.50 Å². The van der Waals surface area contributed by atoms with Crippen LogP contribution < -0.4 is 10.6 Å². The number of hydrogen-bond acceptors (Lipinski definition) is 3. The number of nitrogens with zero attached hydrogens (tertiary/aromatic N) is 1. The van der Waals surface area contributed by atoms with Gasteiger partial charge in [0.25, 0.3) is 5.91 Å². The number of hydrogen-bond donors (Lipinski definition) is 2. The molecular weight excluding hydrogens is 458 g/mol. The van der Waals surface area contributed by atoms with Crippen LogP contribution in [0.1, 0.15) is 29.4 Å². The number of amides is 1. The maximum Gasteiger partial charge on any atom is 0.260 e. The van der Waals surface area contributed by atoms with Crippen molar-refractivity contribution in [2.75, 3.05) is 5.32 Å². The predicted molar refractivity (Wildman–Crippen MR) is 130 cm³/mol. The average molecular weight is 482 g/mol. The Morgan fingerprint density at radius 1 is 1.17 bits per heavy atom. The van der Waals surface area contributed by atoms with Gasteiger partial charge < -0.3 is 15.2 Å². The summed E-state index contributed by atoms with van der Waals surface area (Å²) in [7, 11) is 0. The molecule has 2 N–H and O–H groups in total. The van der Waals surface area contributed by atoms with Crippen molar-refractivity contribution in [3.63, 3.8) is 0 Å². The van der Waals surface area contributed by atoms with E-state index in [9.17, 15) is 4.79 Å². The number of anilines is 1. The van der Waals surface area contributed by atoms with E-state index in [0.717, 1.165) is 39.2 Å². The lowest BCUT2D eigenvalue weighted by Gasteiger charge is -2.13. The molecule has 1 atom stereocenters. The first-order valence-corrected chi connectivity index (χ1v) is 11.6. The molecule has 2 heterocycles. The molecule has 3 aromatic rings. The molecule has 0 radical (unpaired) electrons. The van der Waals surface area contributed by atoms with Crippen LogP contribution in [0.3, 0.4) is 0 Å². The Morgan fingerprint density at radius 2 is 1.90 bits per heavy atom. The van der Waals surface area contributed by atoms with E-state index >= 15 is 0 Å². The molecule has 30 heavy (non-hydrogen) atoms. The van der Waals surface area contributed by atoms with Gasteiger partial charge in [0.1, 0.15) is 0 Å². The summed E-state index contributed by atoms with van der Waals surface area (Å²) in [5, 5.41) is 6.39. The molecule has 1 amide bonds. The summed E-state index contributed by atoms with van der Waals surface area (Å²) in [6.07, 6.45) is 3.00. The van der Waals surface area contributed by atoms with E-state index < -0.39 is 0 Å². The Balaban J connectivity index is 1.56. The van der Waals surface area contributed by atoms with E-state index in [4.69, 9.17) is 0 Å². The average Bonchev–Trinajstić information content (AvgIpc) is 3.21. The Kier molecular flexibility index (Phi) is 6.06. The van der Waals surface area contributed by atoms with Gasteiger partial charge in [-0.1, -0.05) is 43.0 Å². The van der Waals surface area contributed by atoms with Crippen molar-refractivity contribution in [2.24, 2.45) is 0 Å². The highest BCUT2D eigenvalue weighted by atomic mass is 79.9. The second kappa shape index (κ2) is 8.74. The second-order valence-electron chi connectivity index (χ2n) is 7.29. The van der Waals surface area contributed by atoms with E-state index in [1.165, 1.54) is 17.3 Å². The third-order valence-electron chi connectivity index (χ3n) is 5.24. The monoisotopic (exact) mass is 481 g/mol. The fraction of sp³-hybridized carbons (Fsp3) is 0.208. The van der Waals surface area contributed by atoms with Crippen molar-refractivity contribution in [3.05, 3.63) is 86.5 Å². The maximum absolute atomic E-state index is 12.6. The molecule has 0 saturated carbocycles. The molecule has 0 bridgehead atoms. The quantitative estimate of drug-likeness (QED) is 0.438. The van der Waals surface area contributed by atoms with Crippen LogP contribution in [0, 0.1) is 13.8 Å². The lowest BCUT2D eigenvalue weighted by molar-refractivity contribution is -0.116. The highest BCUT2D eigenvalue weighted by Gasteiger charge is 2.27. The Bertz CT molecular complexity index is 1120. The number of aryl methyl sites for hydroxylation is 2. The van der Waals surface area contributed by atoms with Crippen molar-refractivity contribution in [2.45, 2.75) is 32.7 Å². The van der Waals surface area contributed by atoms with Crippen LogP contribution in [-0.2, 0) is 11.2 Å². The zero-order valence-corrected chi connectivity index (χ0v) is 19.6. The first kappa shape index (κ1) is 20.8. The van der Waals surface area contributed by atoms with Gasteiger partial charge in [0, 0.05) is 21.5 Å². The lowest BCUT2D eigenvalue weighted by atomic mass is 10.1. The molecule has 6 heteroatoms. The Labute approximate surface area is 189 Å². The number of benzene rings is 2. The van der Waals surface area contributed by atoms with Gasteiger partial charge >= 0.3 is 0 Å². The van der Waals surface area contributed by atoms with Crippen LogP contribution in [0.25, 0.3) is 11.8 Å². The van der Waals surface area contributed by atoms with Gasteiger partial charge in [0.05, 0.1) is 10.6 Å². The van der Waals surface area contributed by atoms with Gasteiger partial charge in [0.2, 0.25) is 0 Å². The number of carbonyl (C=O) groups excluding carboxylic acids is 1. The summed E-state index contributed by atoms with van der Waals surface area (Å²) < 4.78 is 3.25. The minimum atomic E-state index is -0.178. The Morgan fingerprint density at radius 3 is 2.60 bits per heavy atom. The molecule has 154 valence electrons. The van der Waals surface area contributed by atoms with Crippen LogP contribution in [-0.4, -0.2) is 16.0 Å². The normalized spacial score (nSPS) is 17.4. The number of aromatic nitrogens is 1. The first-order chi connectivity index (χ1) is 14.5. The molecule has 0 unspecified atom stereocenters. The van der Waals surface area contributed by atoms with Gasteiger partial charge in [-0.3, -0.25) is 4.79 Å². The largest absolute Gasteiger partial charge is 0.357 e. The molecule has 0 spiro atoms. The summed E-state index contributed by atoms with van der Waals surface area (Å²) in [5.74, 6) is -0.0478.